The Labute approximate surface area is 193 Å². The molecule has 0 aliphatic heterocycles. The SMILES string of the molecule is C=CCCC1CCC2CC(c3ccc(C(=O)Oc4ccc(C)c(F)c4F)cc3F)CCC2C1. The summed E-state index contributed by atoms with van der Waals surface area (Å²) in [5, 5.41) is 0. The van der Waals surface area contributed by atoms with E-state index in [1.54, 1.807) is 6.07 Å². The van der Waals surface area contributed by atoms with Crippen LogP contribution in [0.25, 0.3) is 0 Å². The standard InChI is InChI=1S/C28H31F3O2/c1-3-4-5-18-7-8-20-15-21(10-9-19(20)14-18)23-12-11-22(16-24(23)29)28(32)33-25-13-6-17(2)26(30)27(25)31/h3,6,11-13,16,18-21H,1,4-5,7-10,14-15H2,2H3. The van der Waals surface area contributed by atoms with Gasteiger partial charge in [-0.05, 0) is 105 Å². The maximum Gasteiger partial charge on any atom is 0.343 e. The van der Waals surface area contributed by atoms with Gasteiger partial charge in [0.25, 0.3) is 0 Å². The Morgan fingerprint density at radius 2 is 1.79 bits per heavy atom. The van der Waals surface area contributed by atoms with Crippen LogP contribution in [0.2, 0.25) is 0 Å². The number of allylic oxidation sites excluding steroid dienone is 1. The highest BCUT2D eigenvalue weighted by Gasteiger charge is 2.36. The topological polar surface area (TPSA) is 26.3 Å². The lowest BCUT2D eigenvalue weighted by Gasteiger charge is -2.42. The lowest BCUT2D eigenvalue weighted by Crippen LogP contribution is -2.30. The fourth-order valence-electron chi connectivity index (χ4n) is 5.74. The van der Waals surface area contributed by atoms with Gasteiger partial charge in [0.1, 0.15) is 5.82 Å². The first-order chi connectivity index (χ1) is 15.9. The van der Waals surface area contributed by atoms with E-state index in [1.807, 2.05) is 6.08 Å². The number of carbonyl (C=O) groups excluding carboxylic acids is 1. The second-order valence-corrected chi connectivity index (χ2v) is 9.71. The number of rotatable bonds is 6. The van der Waals surface area contributed by atoms with Crippen LogP contribution in [0.15, 0.2) is 43.0 Å². The molecule has 2 aromatic carbocycles. The third-order valence-corrected chi connectivity index (χ3v) is 7.62. The Morgan fingerprint density at radius 3 is 2.55 bits per heavy atom. The van der Waals surface area contributed by atoms with E-state index in [4.69, 9.17) is 4.74 Å². The normalized spacial score (nSPS) is 24.7. The van der Waals surface area contributed by atoms with Gasteiger partial charge in [-0.3, -0.25) is 0 Å². The van der Waals surface area contributed by atoms with Crippen LogP contribution >= 0.6 is 0 Å². The van der Waals surface area contributed by atoms with E-state index in [-0.39, 0.29) is 17.0 Å². The molecule has 4 unspecified atom stereocenters. The molecule has 0 heterocycles. The van der Waals surface area contributed by atoms with Crippen LogP contribution in [0.3, 0.4) is 0 Å². The molecule has 33 heavy (non-hydrogen) atoms. The predicted octanol–water partition coefficient (Wildman–Crippen LogP) is 7.90. The largest absolute Gasteiger partial charge is 0.420 e. The van der Waals surface area contributed by atoms with E-state index in [9.17, 15) is 13.6 Å². The fourth-order valence-corrected chi connectivity index (χ4v) is 5.74. The molecule has 4 rings (SSSR count). The molecular formula is C28H31F3O2. The van der Waals surface area contributed by atoms with Crippen LogP contribution in [0.5, 0.6) is 5.75 Å². The highest BCUT2D eigenvalue weighted by atomic mass is 19.2. The van der Waals surface area contributed by atoms with Gasteiger partial charge in [-0.25, -0.2) is 13.6 Å². The number of hydrogen-bond acceptors (Lipinski definition) is 2. The lowest BCUT2D eigenvalue weighted by molar-refractivity contribution is 0.0726. The highest BCUT2D eigenvalue weighted by Crippen LogP contribution is 2.48. The van der Waals surface area contributed by atoms with E-state index < -0.39 is 29.2 Å². The van der Waals surface area contributed by atoms with Crippen molar-refractivity contribution in [3.63, 3.8) is 0 Å². The lowest BCUT2D eigenvalue weighted by atomic mass is 9.63. The fraction of sp³-hybridized carbons (Fsp3) is 0.464. The number of carbonyl (C=O) groups is 1. The zero-order valence-corrected chi connectivity index (χ0v) is 19.1. The van der Waals surface area contributed by atoms with Gasteiger partial charge in [-0.2, -0.15) is 4.39 Å². The first-order valence-corrected chi connectivity index (χ1v) is 11.9. The van der Waals surface area contributed by atoms with Crippen molar-refractivity contribution in [3.8, 4) is 5.75 Å². The quantitative estimate of drug-likeness (QED) is 0.251. The summed E-state index contributed by atoms with van der Waals surface area (Å²) in [7, 11) is 0. The number of esters is 1. The summed E-state index contributed by atoms with van der Waals surface area (Å²) >= 11 is 0. The van der Waals surface area contributed by atoms with Gasteiger partial charge < -0.3 is 4.74 Å². The molecule has 0 bridgehead atoms. The number of fused-ring (bicyclic) bond motifs is 1. The Bertz CT molecular complexity index is 1030. The van der Waals surface area contributed by atoms with Crippen LogP contribution in [0.1, 0.15) is 78.8 Å². The maximum atomic E-state index is 15.0. The molecule has 4 atom stereocenters. The molecule has 2 aromatic rings. The van der Waals surface area contributed by atoms with Crippen molar-refractivity contribution in [2.24, 2.45) is 17.8 Å². The van der Waals surface area contributed by atoms with Gasteiger partial charge in [0.05, 0.1) is 5.56 Å². The number of hydrogen-bond donors (Lipinski definition) is 0. The van der Waals surface area contributed by atoms with Crippen molar-refractivity contribution < 1.29 is 22.7 Å². The van der Waals surface area contributed by atoms with Crippen LogP contribution in [-0.4, -0.2) is 5.97 Å². The zero-order chi connectivity index (χ0) is 23.5. The van der Waals surface area contributed by atoms with Crippen molar-refractivity contribution in [2.45, 2.75) is 64.2 Å². The molecule has 0 spiro atoms. The third kappa shape index (κ3) is 5.18. The van der Waals surface area contributed by atoms with Crippen LogP contribution < -0.4 is 4.74 Å². The minimum atomic E-state index is -1.23. The Kier molecular flexibility index (Phi) is 7.26. The molecule has 5 heteroatoms. The summed E-state index contributed by atoms with van der Waals surface area (Å²) in [5.74, 6) is -1.86. The predicted molar refractivity (Wildman–Crippen MR) is 123 cm³/mol. The summed E-state index contributed by atoms with van der Waals surface area (Å²) in [5.41, 5.74) is 0.724. The molecule has 0 saturated heterocycles. The van der Waals surface area contributed by atoms with Crippen LogP contribution in [0, 0.1) is 42.1 Å². The van der Waals surface area contributed by atoms with Crippen molar-refractivity contribution in [1.82, 2.24) is 0 Å². The van der Waals surface area contributed by atoms with Gasteiger partial charge in [-0.1, -0.05) is 24.6 Å². The minimum Gasteiger partial charge on any atom is -0.420 e. The average molecular weight is 457 g/mol. The van der Waals surface area contributed by atoms with Gasteiger partial charge in [0.2, 0.25) is 5.82 Å². The molecule has 0 radical (unpaired) electrons. The number of ether oxygens (including phenoxy) is 1. The van der Waals surface area contributed by atoms with E-state index in [0.29, 0.717) is 11.5 Å². The van der Waals surface area contributed by atoms with Gasteiger partial charge in [0, 0.05) is 0 Å². The monoisotopic (exact) mass is 456 g/mol. The maximum absolute atomic E-state index is 15.0. The molecule has 0 amide bonds. The summed E-state index contributed by atoms with van der Waals surface area (Å²) in [6.07, 6.45) is 11.1. The Hall–Kier alpha value is -2.56. The van der Waals surface area contributed by atoms with E-state index in [1.165, 1.54) is 50.8 Å². The highest BCUT2D eigenvalue weighted by molar-refractivity contribution is 5.91. The smallest absolute Gasteiger partial charge is 0.343 e. The molecule has 2 saturated carbocycles. The molecule has 2 aliphatic rings. The van der Waals surface area contributed by atoms with Crippen LogP contribution in [-0.2, 0) is 0 Å². The molecule has 2 aliphatic carbocycles. The summed E-state index contributed by atoms with van der Waals surface area (Å²) in [4.78, 5) is 12.4. The first kappa shape index (κ1) is 23.6. The molecule has 2 nitrogen and oxygen atoms in total. The zero-order valence-electron chi connectivity index (χ0n) is 19.1. The molecular weight excluding hydrogens is 425 g/mol. The Morgan fingerprint density at radius 1 is 1.03 bits per heavy atom. The third-order valence-electron chi connectivity index (χ3n) is 7.62. The molecule has 0 aromatic heterocycles. The average Bonchev–Trinajstić information content (AvgIpc) is 2.82. The van der Waals surface area contributed by atoms with E-state index in [2.05, 4.69) is 6.58 Å². The van der Waals surface area contributed by atoms with Crippen molar-refractivity contribution >= 4 is 5.97 Å². The van der Waals surface area contributed by atoms with Crippen molar-refractivity contribution in [1.29, 1.82) is 0 Å². The molecule has 0 N–H and O–H groups in total. The van der Waals surface area contributed by atoms with E-state index in [0.717, 1.165) is 43.6 Å². The number of benzene rings is 2. The van der Waals surface area contributed by atoms with Gasteiger partial charge in [-0.15, -0.1) is 6.58 Å². The van der Waals surface area contributed by atoms with Crippen molar-refractivity contribution in [3.05, 3.63) is 77.1 Å². The molecule has 176 valence electrons. The first-order valence-electron chi connectivity index (χ1n) is 11.9. The minimum absolute atomic E-state index is 0.0203. The number of halogens is 3. The summed E-state index contributed by atoms with van der Waals surface area (Å²) in [6, 6.07) is 6.84. The second-order valence-electron chi connectivity index (χ2n) is 9.71. The Balaban J connectivity index is 1.41. The summed E-state index contributed by atoms with van der Waals surface area (Å²) in [6.45, 7) is 5.25. The van der Waals surface area contributed by atoms with Gasteiger partial charge in [0.15, 0.2) is 11.6 Å². The van der Waals surface area contributed by atoms with E-state index >= 15 is 4.39 Å². The summed E-state index contributed by atoms with van der Waals surface area (Å²) < 4.78 is 47.7. The van der Waals surface area contributed by atoms with Gasteiger partial charge >= 0.3 is 5.97 Å². The molecule has 2 fully saturated rings. The van der Waals surface area contributed by atoms with Crippen LogP contribution in [0.4, 0.5) is 13.2 Å². The number of aryl methyl sites for hydroxylation is 1. The van der Waals surface area contributed by atoms with Crippen molar-refractivity contribution in [2.75, 3.05) is 0 Å². The second kappa shape index (κ2) is 10.1.